The first-order chi connectivity index (χ1) is 9.85. The third kappa shape index (κ3) is 3.41. The van der Waals surface area contributed by atoms with E-state index in [0.29, 0.717) is 10.8 Å². The third-order valence-corrected chi connectivity index (χ3v) is 4.91. The van der Waals surface area contributed by atoms with E-state index in [1.54, 1.807) is 18.2 Å². The van der Waals surface area contributed by atoms with Gasteiger partial charge in [0.15, 0.2) is 0 Å². The van der Waals surface area contributed by atoms with Gasteiger partial charge in [0.25, 0.3) is 0 Å². The quantitative estimate of drug-likeness (QED) is 0.832. The lowest BCUT2D eigenvalue weighted by atomic mass is 10.3. The summed E-state index contributed by atoms with van der Waals surface area (Å²) in [6.07, 6.45) is 0. The average molecular weight is 347 g/mol. The van der Waals surface area contributed by atoms with Crippen LogP contribution in [0.5, 0.6) is 11.5 Å². The van der Waals surface area contributed by atoms with E-state index >= 15 is 0 Å². The van der Waals surface area contributed by atoms with E-state index in [1.165, 1.54) is 25.2 Å². The highest BCUT2D eigenvalue weighted by Gasteiger charge is 2.14. The second-order valence-electron chi connectivity index (χ2n) is 4.06. The van der Waals surface area contributed by atoms with E-state index in [0.717, 1.165) is 0 Å². The van der Waals surface area contributed by atoms with Crippen LogP contribution in [0, 0.1) is 0 Å². The van der Waals surface area contributed by atoms with Gasteiger partial charge in [0, 0.05) is 0 Å². The number of nitrogen functional groups attached to an aromatic ring is 1. The number of nitrogens with two attached hydrogens (primary N) is 1. The zero-order chi connectivity index (χ0) is 15.6. The van der Waals surface area contributed by atoms with Crippen LogP contribution in [-0.2, 0) is 10.0 Å². The first kappa shape index (κ1) is 15.9. The maximum Gasteiger partial charge on any atom is 0.240 e. The highest BCUT2D eigenvalue weighted by atomic mass is 35.5. The molecule has 0 radical (unpaired) electrons. The molecule has 0 saturated heterocycles. The average Bonchev–Trinajstić information content (AvgIpc) is 2.45. The summed E-state index contributed by atoms with van der Waals surface area (Å²) in [5, 5.41) is 0.604. The molecule has 5 nitrogen and oxygen atoms in total. The first-order valence-electron chi connectivity index (χ1n) is 5.80. The van der Waals surface area contributed by atoms with Crippen molar-refractivity contribution in [2.45, 2.75) is 4.90 Å². The molecule has 0 heterocycles. The molecule has 0 aliphatic carbocycles. The van der Waals surface area contributed by atoms with Gasteiger partial charge in [0.05, 0.1) is 15.6 Å². The Labute approximate surface area is 132 Å². The van der Waals surface area contributed by atoms with Crippen molar-refractivity contribution in [2.75, 3.05) is 12.8 Å². The molecule has 0 unspecified atom stereocenters. The van der Waals surface area contributed by atoms with Crippen molar-refractivity contribution in [3.8, 4) is 11.5 Å². The Bertz CT molecular complexity index is 779. The van der Waals surface area contributed by atoms with Crippen LogP contribution in [0.2, 0.25) is 10.0 Å². The Morgan fingerprint density at radius 1 is 1.14 bits per heavy atom. The molecule has 0 aromatic heterocycles. The highest BCUT2D eigenvalue weighted by Crippen LogP contribution is 2.36. The van der Waals surface area contributed by atoms with Crippen LogP contribution in [0.15, 0.2) is 41.3 Å². The predicted octanol–water partition coefficient (Wildman–Crippen LogP) is 3.28. The smallest absolute Gasteiger partial charge is 0.240 e. The summed E-state index contributed by atoms with van der Waals surface area (Å²) in [5.74, 6) is 0.620. The van der Waals surface area contributed by atoms with E-state index < -0.39 is 10.0 Å². The van der Waals surface area contributed by atoms with Crippen molar-refractivity contribution in [3.63, 3.8) is 0 Å². The van der Waals surface area contributed by atoms with Gasteiger partial charge in [-0.25, -0.2) is 13.1 Å². The lowest BCUT2D eigenvalue weighted by Crippen LogP contribution is -2.18. The summed E-state index contributed by atoms with van der Waals surface area (Å²) >= 11 is 11.9. The topological polar surface area (TPSA) is 81.4 Å². The normalized spacial score (nSPS) is 11.4. The Kier molecular flexibility index (Phi) is 4.63. The summed E-state index contributed by atoms with van der Waals surface area (Å²) in [6.45, 7) is 0. The van der Waals surface area contributed by atoms with Gasteiger partial charge in [0.1, 0.15) is 16.5 Å². The monoisotopic (exact) mass is 346 g/mol. The molecule has 0 aliphatic heterocycles. The van der Waals surface area contributed by atoms with E-state index in [1.807, 2.05) is 0 Å². The van der Waals surface area contributed by atoms with Gasteiger partial charge in [-0.2, -0.15) is 0 Å². The van der Waals surface area contributed by atoms with E-state index in [9.17, 15) is 8.42 Å². The minimum absolute atomic E-state index is 0.0482. The Hall–Kier alpha value is -1.47. The number of halogens is 2. The van der Waals surface area contributed by atoms with E-state index in [2.05, 4.69) is 4.72 Å². The van der Waals surface area contributed by atoms with Gasteiger partial charge in [-0.3, -0.25) is 0 Å². The Morgan fingerprint density at radius 2 is 1.86 bits per heavy atom. The largest absolute Gasteiger partial charge is 0.454 e. The van der Waals surface area contributed by atoms with Gasteiger partial charge in [0.2, 0.25) is 10.0 Å². The standard InChI is InChI=1S/C13H12Cl2N2O3S/c1-17-21(18,19)8-5-6-11(10(16)7-8)20-12-4-2-3-9(14)13(12)15/h2-7,17H,16H2,1H3. The maximum atomic E-state index is 11.7. The molecule has 0 bridgehead atoms. The molecule has 3 N–H and O–H groups in total. The molecule has 8 heteroatoms. The number of ether oxygens (including phenoxy) is 1. The van der Waals surface area contributed by atoms with Crippen molar-refractivity contribution in [1.82, 2.24) is 4.72 Å². The van der Waals surface area contributed by atoms with Gasteiger partial charge in [-0.15, -0.1) is 0 Å². The molecule has 0 atom stereocenters. The predicted molar refractivity (Wildman–Crippen MR) is 83.6 cm³/mol. The molecule has 0 aliphatic rings. The number of benzene rings is 2. The van der Waals surface area contributed by atoms with Crippen LogP contribution < -0.4 is 15.2 Å². The highest BCUT2D eigenvalue weighted by molar-refractivity contribution is 7.89. The van der Waals surface area contributed by atoms with Crippen LogP contribution in [0.25, 0.3) is 0 Å². The van der Waals surface area contributed by atoms with E-state index in [4.69, 9.17) is 33.7 Å². The van der Waals surface area contributed by atoms with E-state index in [-0.39, 0.29) is 21.4 Å². The number of hydrogen-bond donors (Lipinski definition) is 2. The van der Waals surface area contributed by atoms with Gasteiger partial charge < -0.3 is 10.5 Å². The fourth-order valence-electron chi connectivity index (χ4n) is 1.59. The summed E-state index contributed by atoms with van der Waals surface area (Å²) in [6, 6.07) is 9.08. The number of anilines is 1. The van der Waals surface area contributed by atoms with Crippen molar-refractivity contribution in [1.29, 1.82) is 0 Å². The molecule has 0 saturated carbocycles. The summed E-state index contributed by atoms with van der Waals surface area (Å²) in [5.41, 5.74) is 5.98. The number of sulfonamides is 1. The summed E-state index contributed by atoms with van der Waals surface area (Å²) in [7, 11) is -2.24. The number of nitrogens with one attached hydrogen (secondary N) is 1. The molecule has 112 valence electrons. The second-order valence-corrected chi connectivity index (χ2v) is 6.73. The Morgan fingerprint density at radius 3 is 2.48 bits per heavy atom. The van der Waals surface area contributed by atoms with Gasteiger partial charge in [-0.1, -0.05) is 29.3 Å². The van der Waals surface area contributed by atoms with Crippen LogP contribution in [-0.4, -0.2) is 15.5 Å². The van der Waals surface area contributed by atoms with Crippen molar-refractivity contribution in [3.05, 3.63) is 46.4 Å². The lowest BCUT2D eigenvalue weighted by Gasteiger charge is -2.11. The summed E-state index contributed by atoms with van der Waals surface area (Å²) < 4.78 is 31.1. The van der Waals surface area contributed by atoms with Gasteiger partial charge in [-0.05, 0) is 37.4 Å². The third-order valence-electron chi connectivity index (χ3n) is 2.70. The zero-order valence-electron chi connectivity index (χ0n) is 10.9. The zero-order valence-corrected chi connectivity index (χ0v) is 13.3. The fraction of sp³-hybridized carbons (Fsp3) is 0.0769. The minimum Gasteiger partial charge on any atom is -0.454 e. The second kappa shape index (κ2) is 6.11. The molecule has 0 amide bonds. The van der Waals surface area contributed by atoms with Gasteiger partial charge >= 0.3 is 0 Å². The van der Waals surface area contributed by atoms with Crippen LogP contribution in [0.1, 0.15) is 0 Å². The SMILES string of the molecule is CNS(=O)(=O)c1ccc(Oc2cccc(Cl)c2Cl)c(N)c1. The first-order valence-corrected chi connectivity index (χ1v) is 8.04. The molecule has 0 fully saturated rings. The van der Waals surface area contributed by atoms with Crippen molar-refractivity contribution >= 4 is 38.9 Å². The lowest BCUT2D eigenvalue weighted by molar-refractivity contribution is 0.485. The number of rotatable bonds is 4. The Balaban J connectivity index is 2.37. The van der Waals surface area contributed by atoms with Crippen LogP contribution in [0.3, 0.4) is 0 Å². The summed E-state index contributed by atoms with van der Waals surface area (Å²) in [4.78, 5) is 0.0482. The maximum absolute atomic E-state index is 11.7. The molecule has 2 aromatic carbocycles. The molecule has 21 heavy (non-hydrogen) atoms. The van der Waals surface area contributed by atoms with Crippen LogP contribution >= 0.6 is 23.2 Å². The molecular formula is C13H12Cl2N2O3S. The minimum atomic E-state index is -3.56. The molecule has 2 rings (SSSR count). The van der Waals surface area contributed by atoms with Crippen molar-refractivity contribution < 1.29 is 13.2 Å². The number of hydrogen-bond acceptors (Lipinski definition) is 4. The molecule has 0 spiro atoms. The van der Waals surface area contributed by atoms with Crippen molar-refractivity contribution in [2.24, 2.45) is 0 Å². The fourth-order valence-corrected chi connectivity index (χ4v) is 2.68. The van der Waals surface area contributed by atoms with Crippen LogP contribution in [0.4, 0.5) is 5.69 Å². The molecular weight excluding hydrogens is 335 g/mol. The molecule has 2 aromatic rings.